The van der Waals surface area contributed by atoms with Gasteiger partial charge < -0.3 is 10.5 Å². The number of ether oxygens (including phenoxy) is 1. The smallest absolute Gasteiger partial charge is 0.410 e. The van der Waals surface area contributed by atoms with Gasteiger partial charge in [-0.1, -0.05) is 18.2 Å². The van der Waals surface area contributed by atoms with Crippen molar-refractivity contribution in [2.24, 2.45) is 5.73 Å². The Morgan fingerprint density at radius 1 is 1.32 bits per heavy atom. The first-order chi connectivity index (χ1) is 8.89. The van der Waals surface area contributed by atoms with E-state index in [9.17, 15) is 4.79 Å². The lowest BCUT2D eigenvalue weighted by atomic mass is 10.0. The molecule has 2 rings (SSSR count). The molecule has 1 aromatic carbocycles. The maximum absolute atomic E-state index is 12.0. The highest BCUT2D eigenvalue weighted by Gasteiger charge is 2.27. The number of hydrogen-bond donors (Lipinski definition) is 1. The summed E-state index contributed by atoms with van der Waals surface area (Å²) in [6.45, 7) is 7.55. The maximum atomic E-state index is 12.0. The molecule has 1 amide bonds. The molecule has 0 spiro atoms. The second kappa shape index (κ2) is 5.21. The van der Waals surface area contributed by atoms with E-state index in [1.165, 1.54) is 16.7 Å². The molecule has 0 saturated carbocycles. The third-order valence-electron chi connectivity index (χ3n) is 3.08. The molecular formula is C15H22N2O2. The Balaban J connectivity index is 2.05. The van der Waals surface area contributed by atoms with Crippen LogP contribution in [0.1, 0.15) is 37.5 Å². The molecule has 0 atom stereocenters. The average molecular weight is 262 g/mol. The molecule has 1 aromatic rings. The largest absolute Gasteiger partial charge is 0.444 e. The van der Waals surface area contributed by atoms with Crippen LogP contribution in [0.15, 0.2) is 18.2 Å². The van der Waals surface area contributed by atoms with Crippen LogP contribution in [0.3, 0.4) is 0 Å². The highest BCUT2D eigenvalue weighted by Crippen LogP contribution is 2.25. The van der Waals surface area contributed by atoms with Crippen LogP contribution in [0.2, 0.25) is 0 Å². The predicted molar refractivity (Wildman–Crippen MR) is 74.7 cm³/mol. The molecule has 0 bridgehead atoms. The molecule has 1 aliphatic rings. The summed E-state index contributed by atoms with van der Waals surface area (Å²) in [4.78, 5) is 13.8. The molecule has 104 valence electrons. The Morgan fingerprint density at radius 3 is 2.63 bits per heavy atom. The van der Waals surface area contributed by atoms with Gasteiger partial charge in [-0.2, -0.15) is 0 Å². The molecule has 4 heteroatoms. The standard InChI is InChI=1S/C15H22N2O2/c1-15(2,3)19-14(18)17-9-12-5-4-11(6-7-16)8-13(12)10-17/h4-5,8H,6-7,9-10,16H2,1-3H3. The molecule has 1 aliphatic heterocycles. The summed E-state index contributed by atoms with van der Waals surface area (Å²) < 4.78 is 5.40. The first-order valence-corrected chi connectivity index (χ1v) is 6.68. The average Bonchev–Trinajstić information content (AvgIpc) is 2.70. The number of nitrogens with zero attached hydrogens (tertiary/aromatic N) is 1. The summed E-state index contributed by atoms with van der Waals surface area (Å²) >= 11 is 0. The van der Waals surface area contributed by atoms with Crippen molar-refractivity contribution in [2.75, 3.05) is 6.54 Å². The van der Waals surface area contributed by atoms with E-state index in [4.69, 9.17) is 10.5 Å². The Bertz CT molecular complexity index is 478. The van der Waals surface area contributed by atoms with Crippen LogP contribution in [0, 0.1) is 0 Å². The van der Waals surface area contributed by atoms with Crippen molar-refractivity contribution in [1.29, 1.82) is 0 Å². The molecule has 19 heavy (non-hydrogen) atoms. The van der Waals surface area contributed by atoms with Gasteiger partial charge in [0.25, 0.3) is 0 Å². The van der Waals surface area contributed by atoms with E-state index in [0.29, 0.717) is 19.6 Å². The van der Waals surface area contributed by atoms with Crippen LogP contribution in [0.25, 0.3) is 0 Å². The molecule has 2 N–H and O–H groups in total. The monoisotopic (exact) mass is 262 g/mol. The highest BCUT2D eigenvalue weighted by atomic mass is 16.6. The van der Waals surface area contributed by atoms with Crippen molar-refractivity contribution in [1.82, 2.24) is 4.90 Å². The normalized spacial score (nSPS) is 14.4. The Labute approximate surface area is 114 Å². The van der Waals surface area contributed by atoms with Gasteiger partial charge in [-0.05, 0) is 50.4 Å². The zero-order valence-corrected chi connectivity index (χ0v) is 11.9. The van der Waals surface area contributed by atoms with Crippen LogP contribution in [0.4, 0.5) is 4.79 Å². The third-order valence-corrected chi connectivity index (χ3v) is 3.08. The van der Waals surface area contributed by atoms with Gasteiger partial charge in [-0.15, -0.1) is 0 Å². The summed E-state index contributed by atoms with van der Waals surface area (Å²) in [5.41, 5.74) is 8.75. The van der Waals surface area contributed by atoms with E-state index < -0.39 is 5.60 Å². The first kappa shape index (κ1) is 13.9. The van der Waals surface area contributed by atoms with Gasteiger partial charge in [0.1, 0.15) is 5.60 Å². The summed E-state index contributed by atoms with van der Waals surface area (Å²) in [6.07, 6.45) is 0.628. The molecule has 4 nitrogen and oxygen atoms in total. The third kappa shape index (κ3) is 3.47. The van der Waals surface area contributed by atoms with E-state index in [2.05, 4.69) is 18.2 Å². The zero-order valence-electron chi connectivity index (χ0n) is 11.9. The van der Waals surface area contributed by atoms with Crippen molar-refractivity contribution in [3.05, 3.63) is 34.9 Å². The minimum absolute atomic E-state index is 0.246. The SMILES string of the molecule is CC(C)(C)OC(=O)N1Cc2ccc(CCN)cc2C1. The van der Waals surface area contributed by atoms with Crippen molar-refractivity contribution in [2.45, 2.75) is 45.9 Å². The van der Waals surface area contributed by atoms with Crippen LogP contribution >= 0.6 is 0 Å². The predicted octanol–water partition coefficient (Wildman–Crippen LogP) is 2.44. The lowest BCUT2D eigenvalue weighted by molar-refractivity contribution is 0.0242. The van der Waals surface area contributed by atoms with E-state index in [0.717, 1.165) is 6.42 Å². The Kier molecular flexibility index (Phi) is 3.80. The second-order valence-corrected chi connectivity index (χ2v) is 5.98. The molecule has 0 aromatic heterocycles. The number of carbonyl (C=O) groups is 1. The minimum Gasteiger partial charge on any atom is -0.444 e. The van der Waals surface area contributed by atoms with Crippen LogP contribution in [0.5, 0.6) is 0 Å². The van der Waals surface area contributed by atoms with Gasteiger partial charge in [0.2, 0.25) is 0 Å². The maximum Gasteiger partial charge on any atom is 0.410 e. The van der Waals surface area contributed by atoms with Gasteiger partial charge in [0.15, 0.2) is 0 Å². The van der Waals surface area contributed by atoms with Gasteiger partial charge >= 0.3 is 6.09 Å². The number of rotatable bonds is 2. The molecule has 0 saturated heterocycles. The topological polar surface area (TPSA) is 55.6 Å². The molecular weight excluding hydrogens is 240 g/mol. The van der Waals surface area contributed by atoms with E-state index in [1.807, 2.05) is 20.8 Å². The number of benzene rings is 1. The van der Waals surface area contributed by atoms with Crippen LogP contribution in [-0.2, 0) is 24.2 Å². The molecule has 1 heterocycles. The summed E-state index contributed by atoms with van der Waals surface area (Å²) in [6, 6.07) is 6.32. The van der Waals surface area contributed by atoms with E-state index in [-0.39, 0.29) is 6.09 Å². The Morgan fingerprint density at radius 2 is 2.00 bits per heavy atom. The lowest BCUT2D eigenvalue weighted by Crippen LogP contribution is -2.33. The molecule has 0 fully saturated rings. The fourth-order valence-corrected chi connectivity index (χ4v) is 2.23. The van der Waals surface area contributed by atoms with Crippen LogP contribution in [-0.4, -0.2) is 23.1 Å². The van der Waals surface area contributed by atoms with E-state index in [1.54, 1.807) is 4.90 Å². The molecule has 0 aliphatic carbocycles. The van der Waals surface area contributed by atoms with Gasteiger partial charge in [0, 0.05) is 13.1 Å². The fraction of sp³-hybridized carbons (Fsp3) is 0.533. The number of carbonyl (C=O) groups excluding carboxylic acids is 1. The summed E-state index contributed by atoms with van der Waals surface area (Å²) in [5.74, 6) is 0. The van der Waals surface area contributed by atoms with Crippen molar-refractivity contribution in [3.63, 3.8) is 0 Å². The highest BCUT2D eigenvalue weighted by molar-refractivity contribution is 5.69. The van der Waals surface area contributed by atoms with E-state index >= 15 is 0 Å². The van der Waals surface area contributed by atoms with Crippen molar-refractivity contribution >= 4 is 6.09 Å². The van der Waals surface area contributed by atoms with Crippen molar-refractivity contribution in [3.8, 4) is 0 Å². The van der Waals surface area contributed by atoms with Crippen LogP contribution < -0.4 is 5.73 Å². The summed E-state index contributed by atoms with van der Waals surface area (Å²) in [7, 11) is 0. The molecule has 0 radical (unpaired) electrons. The zero-order chi connectivity index (χ0) is 14.0. The fourth-order valence-electron chi connectivity index (χ4n) is 2.23. The quantitative estimate of drug-likeness (QED) is 0.890. The lowest BCUT2D eigenvalue weighted by Gasteiger charge is -2.24. The first-order valence-electron chi connectivity index (χ1n) is 6.68. The number of nitrogens with two attached hydrogens (primary N) is 1. The minimum atomic E-state index is -0.448. The summed E-state index contributed by atoms with van der Waals surface area (Å²) in [5, 5.41) is 0. The Hall–Kier alpha value is -1.55. The number of hydrogen-bond acceptors (Lipinski definition) is 3. The molecule has 0 unspecified atom stereocenters. The second-order valence-electron chi connectivity index (χ2n) is 5.98. The number of amides is 1. The van der Waals surface area contributed by atoms with Gasteiger partial charge in [0.05, 0.1) is 0 Å². The number of fused-ring (bicyclic) bond motifs is 1. The van der Waals surface area contributed by atoms with Crippen molar-refractivity contribution < 1.29 is 9.53 Å². The van der Waals surface area contributed by atoms with Gasteiger partial charge in [-0.3, -0.25) is 4.90 Å². The van der Waals surface area contributed by atoms with Gasteiger partial charge in [-0.25, -0.2) is 4.79 Å².